The van der Waals surface area contributed by atoms with Crippen LogP contribution < -0.4 is 0 Å². The summed E-state index contributed by atoms with van der Waals surface area (Å²) >= 11 is 1.42. The summed E-state index contributed by atoms with van der Waals surface area (Å²) in [5.41, 5.74) is 1.12. The second kappa shape index (κ2) is 5.05. The van der Waals surface area contributed by atoms with Gasteiger partial charge in [0.1, 0.15) is 5.76 Å². The van der Waals surface area contributed by atoms with Crippen molar-refractivity contribution < 1.29 is 14.4 Å². The van der Waals surface area contributed by atoms with Crippen LogP contribution in [0.5, 0.6) is 0 Å². The third kappa shape index (κ3) is 2.68. The van der Waals surface area contributed by atoms with Crippen LogP contribution in [0, 0.1) is 6.92 Å². The Morgan fingerprint density at radius 2 is 2.12 bits per heavy atom. The monoisotopic (exact) mass is 249 g/mol. The van der Waals surface area contributed by atoms with E-state index in [1.54, 1.807) is 6.92 Å². The van der Waals surface area contributed by atoms with Crippen LogP contribution in [0.25, 0.3) is 0 Å². The number of hydrogen-bond donors (Lipinski definition) is 1. The summed E-state index contributed by atoms with van der Waals surface area (Å²) in [6, 6.07) is 9.84. The summed E-state index contributed by atoms with van der Waals surface area (Å²) in [7, 11) is 0. The highest BCUT2D eigenvalue weighted by Crippen LogP contribution is 2.29. The Hall–Kier alpha value is -1.75. The van der Waals surface area contributed by atoms with Crippen LogP contribution in [0.4, 0.5) is 0 Å². The van der Waals surface area contributed by atoms with Gasteiger partial charge in [0.2, 0.25) is 5.69 Å². The van der Waals surface area contributed by atoms with Crippen molar-refractivity contribution in [1.29, 1.82) is 0 Å². The van der Waals surface area contributed by atoms with E-state index in [0.29, 0.717) is 16.4 Å². The highest BCUT2D eigenvalue weighted by atomic mass is 32.2. The minimum absolute atomic E-state index is 0.0107. The standard InChI is InChI=1S/C12H11NO3S/c1-8-11(10(12(14)15)13-16-8)17-7-9-5-3-2-4-6-9/h2-6H,7H2,1H3,(H,14,15). The molecule has 0 spiro atoms. The van der Waals surface area contributed by atoms with Crippen molar-refractivity contribution in [2.75, 3.05) is 0 Å². The van der Waals surface area contributed by atoms with E-state index >= 15 is 0 Å². The number of aryl methyl sites for hydroxylation is 1. The Bertz CT molecular complexity index is 522. The molecule has 0 aliphatic heterocycles. The van der Waals surface area contributed by atoms with Crippen LogP contribution in [0.15, 0.2) is 39.8 Å². The fourth-order valence-corrected chi connectivity index (χ4v) is 2.40. The smallest absolute Gasteiger partial charge is 0.359 e. The summed E-state index contributed by atoms with van der Waals surface area (Å²) in [5.74, 6) is 0.184. The Balaban J connectivity index is 2.14. The van der Waals surface area contributed by atoms with E-state index in [1.165, 1.54) is 11.8 Å². The first-order valence-corrected chi connectivity index (χ1v) is 6.03. The number of carboxylic acids is 1. The molecule has 17 heavy (non-hydrogen) atoms. The molecule has 1 heterocycles. The normalized spacial score (nSPS) is 10.4. The van der Waals surface area contributed by atoms with Crippen LogP contribution in [-0.4, -0.2) is 16.2 Å². The molecule has 0 aliphatic carbocycles. The van der Waals surface area contributed by atoms with Crippen molar-refractivity contribution in [1.82, 2.24) is 5.16 Å². The lowest BCUT2D eigenvalue weighted by molar-refractivity contribution is 0.0682. The van der Waals surface area contributed by atoms with Gasteiger partial charge in [0.15, 0.2) is 0 Å². The molecule has 0 bridgehead atoms. The van der Waals surface area contributed by atoms with Crippen LogP contribution in [-0.2, 0) is 5.75 Å². The summed E-state index contributed by atoms with van der Waals surface area (Å²) in [6.45, 7) is 1.72. The van der Waals surface area contributed by atoms with Crippen molar-refractivity contribution in [3.63, 3.8) is 0 Å². The molecule has 2 aromatic rings. The van der Waals surface area contributed by atoms with Gasteiger partial charge in [-0.05, 0) is 12.5 Å². The predicted octanol–water partition coefficient (Wildman–Crippen LogP) is 2.97. The Labute approximate surface area is 103 Å². The molecule has 0 fully saturated rings. The summed E-state index contributed by atoms with van der Waals surface area (Å²) in [5, 5.41) is 12.5. The molecule has 0 atom stereocenters. The van der Waals surface area contributed by atoms with Gasteiger partial charge in [-0.2, -0.15) is 0 Å². The summed E-state index contributed by atoms with van der Waals surface area (Å²) in [4.78, 5) is 11.5. The molecule has 0 saturated heterocycles. The van der Waals surface area contributed by atoms with Gasteiger partial charge < -0.3 is 9.63 Å². The second-order valence-corrected chi connectivity index (χ2v) is 4.48. The number of hydrogen-bond acceptors (Lipinski definition) is 4. The zero-order chi connectivity index (χ0) is 12.3. The van der Waals surface area contributed by atoms with Crippen molar-refractivity contribution in [2.24, 2.45) is 0 Å². The molecule has 1 N–H and O–H groups in total. The van der Waals surface area contributed by atoms with Gasteiger partial charge in [-0.15, -0.1) is 11.8 Å². The van der Waals surface area contributed by atoms with E-state index in [4.69, 9.17) is 9.63 Å². The average molecular weight is 249 g/mol. The van der Waals surface area contributed by atoms with Gasteiger partial charge in [0, 0.05) is 5.75 Å². The predicted molar refractivity (Wildman–Crippen MR) is 64.2 cm³/mol. The minimum Gasteiger partial charge on any atom is -0.476 e. The Kier molecular flexibility index (Phi) is 3.49. The second-order valence-electron chi connectivity index (χ2n) is 3.50. The fourth-order valence-electron chi connectivity index (χ4n) is 1.40. The SMILES string of the molecule is Cc1onc(C(=O)O)c1SCc1ccccc1. The van der Waals surface area contributed by atoms with Gasteiger partial charge in [-0.3, -0.25) is 0 Å². The van der Waals surface area contributed by atoms with E-state index in [2.05, 4.69) is 5.16 Å². The average Bonchev–Trinajstić information content (AvgIpc) is 2.69. The number of carboxylic acid groups (broad SMARTS) is 1. The molecular weight excluding hydrogens is 238 g/mol. The van der Waals surface area contributed by atoms with Crippen molar-refractivity contribution in [3.05, 3.63) is 47.3 Å². The molecule has 0 radical (unpaired) electrons. The quantitative estimate of drug-likeness (QED) is 0.844. The first kappa shape index (κ1) is 11.7. The molecule has 0 unspecified atom stereocenters. The lowest BCUT2D eigenvalue weighted by Gasteiger charge is -2.00. The molecule has 4 nitrogen and oxygen atoms in total. The maximum atomic E-state index is 10.9. The van der Waals surface area contributed by atoms with E-state index in [1.807, 2.05) is 30.3 Å². The van der Waals surface area contributed by atoms with Crippen LogP contribution in [0.3, 0.4) is 0 Å². The Morgan fingerprint density at radius 3 is 2.76 bits per heavy atom. The molecule has 88 valence electrons. The first-order valence-electron chi connectivity index (χ1n) is 5.05. The molecule has 5 heteroatoms. The molecule has 2 rings (SSSR count). The summed E-state index contributed by atoms with van der Waals surface area (Å²) < 4.78 is 4.89. The minimum atomic E-state index is -1.06. The molecule has 0 saturated carbocycles. The lowest BCUT2D eigenvalue weighted by atomic mass is 10.2. The van der Waals surface area contributed by atoms with Crippen LogP contribution >= 0.6 is 11.8 Å². The number of benzene rings is 1. The van der Waals surface area contributed by atoms with E-state index in [0.717, 1.165) is 5.56 Å². The van der Waals surface area contributed by atoms with E-state index < -0.39 is 5.97 Å². The van der Waals surface area contributed by atoms with Gasteiger partial charge in [0.25, 0.3) is 0 Å². The number of aromatic nitrogens is 1. The molecule has 0 aliphatic rings. The van der Waals surface area contributed by atoms with Crippen LogP contribution in [0.1, 0.15) is 21.8 Å². The highest BCUT2D eigenvalue weighted by Gasteiger charge is 2.19. The van der Waals surface area contributed by atoms with Gasteiger partial charge in [-0.25, -0.2) is 4.79 Å². The zero-order valence-corrected chi connectivity index (χ0v) is 10.0. The third-order valence-electron chi connectivity index (χ3n) is 2.24. The van der Waals surface area contributed by atoms with Gasteiger partial charge >= 0.3 is 5.97 Å². The van der Waals surface area contributed by atoms with E-state index in [9.17, 15) is 4.79 Å². The fraction of sp³-hybridized carbons (Fsp3) is 0.167. The lowest BCUT2D eigenvalue weighted by Crippen LogP contribution is -1.98. The molecular formula is C12H11NO3S. The van der Waals surface area contributed by atoms with Crippen LogP contribution in [0.2, 0.25) is 0 Å². The molecule has 1 aromatic heterocycles. The number of carbonyl (C=O) groups is 1. The topological polar surface area (TPSA) is 63.3 Å². The van der Waals surface area contributed by atoms with Crippen molar-refractivity contribution in [3.8, 4) is 0 Å². The number of aromatic carboxylic acids is 1. The van der Waals surface area contributed by atoms with Gasteiger partial charge in [-0.1, -0.05) is 35.5 Å². The largest absolute Gasteiger partial charge is 0.476 e. The number of thioether (sulfide) groups is 1. The van der Waals surface area contributed by atoms with Gasteiger partial charge in [0.05, 0.1) is 4.90 Å². The highest BCUT2D eigenvalue weighted by molar-refractivity contribution is 7.98. The molecule has 0 amide bonds. The van der Waals surface area contributed by atoms with Crippen molar-refractivity contribution >= 4 is 17.7 Å². The third-order valence-corrected chi connectivity index (χ3v) is 3.48. The van der Waals surface area contributed by atoms with Crippen molar-refractivity contribution in [2.45, 2.75) is 17.6 Å². The maximum Gasteiger partial charge on any atom is 0.359 e. The number of nitrogens with zero attached hydrogens (tertiary/aromatic N) is 1. The van der Waals surface area contributed by atoms with E-state index in [-0.39, 0.29) is 5.69 Å². The maximum absolute atomic E-state index is 10.9. The number of rotatable bonds is 4. The zero-order valence-electron chi connectivity index (χ0n) is 9.21. The molecule has 1 aromatic carbocycles. The Morgan fingerprint density at radius 1 is 1.41 bits per heavy atom. The first-order chi connectivity index (χ1) is 8.18. The summed E-state index contributed by atoms with van der Waals surface area (Å²) in [6.07, 6.45) is 0.